The van der Waals surface area contributed by atoms with E-state index < -0.39 is 0 Å². The first-order valence-electron chi connectivity index (χ1n) is 8.70. The van der Waals surface area contributed by atoms with E-state index in [2.05, 4.69) is 4.90 Å². The van der Waals surface area contributed by atoms with Crippen LogP contribution in [0.5, 0.6) is 11.5 Å². The molecule has 2 aliphatic rings. The first-order valence-corrected chi connectivity index (χ1v) is 8.70. The molecule has 2 aromatic carbocycles. The first kappa shape index (κ1) is 16.8. The highest BCUT2D eigenvalue weighted by molar-refractivity contribution is 6.00. The molecule has 136 valence electrons. The molecular weight excluding hydrogens is 335 g/mol. The number of benzene rings is 2. The largest absolute Gasteiger partial charge is 0.493 e. The van der Waals surface area contributed by atoms with Crippen LogP contribution in [-0.2, 0) is 4.79 Å². The molecule has 6 heteroatoms. The maximum absolute atomic E-state index is 13.4. The molecule has 0 radical (unpaired) electrons. The molecule has 0 bridgehead atoms. The Hall–Kier alpha value is -2.60. The molecule has 0 unspecified atom stereocenters. The maximum atomic E-state index is 13.4. The van der Waals surface area contributed by atoms with Crippen molar-refractivity contribution in [3.8, 4) is 11.5 Å². The van der Waals surface area contributed by atoms with Gasteiger partial charge in [0.1, 0.15) is 12.0 Å². The van der Waals surface area contributed by atoms with Crippen LogP contribution in [0.15, 0.2) is 42.5 Å². The zero-order valence-electron chi connectivity index (χ0n) is 14.8. The lowest BCUT2D eigenvalue weighted by atomic mass is 10.1. The topological polar surface area (TPSA) is 42.0 Å². The minimum absolute atomic E-state index is 0.0638. The van der Waals surface area contributed by atoms with Crippen molar-refractivity contribution in [3.63, 3.8) is 0 Å². The van der Waals surface area contributed by atoms with Crippen LogP contribution < -0.4 is 14.4 Å². The highest BCUT2D eigenvalue weighted by Crippen LogP contribution is 2.44. The van der Waals surface area contributed by atoms with Crippen molar-refractivity contribution in [3.05, 3.63) is 53.8 Å². The third kappa shape index (κ3) is 2.61. The lowest BCUT2D eigenvalue weighted by Crippen LogP contribution is -2.32. The second-order valence-electron chi connectivity index (χ2n) is 6.57. The van der Waals surface area contributed by atoms with Crippen LogP contribution in [0.2, 0.25) is 0 Å². The number of hydrogen-bond acceptors (Lipinski definition) is 4. The summed E-state index contributed by atoms with van der Waals surface area (Å²) in [5.74, 6) is 1.02. The molecule has 0 spiro atoms. The summed E-state index contributed by atoms with van der Waals surface area (Å²) >= 11 is 0. The Morgan fingerprint density at radius 2 is 1.77 bits per heavy atom. The van der Waals surface area contributed by atoms with Gasteiger partial charge in [0.05, 0.1) is 20.3 Å². The van der Waals surface area contributed by atoms with Gasteiger partial charge >= 0.3 is 0 Å². The van der Waals surface area contributed by atoms with E-state index >= 15 is 0 Å². The van der Waals surface area contributed by atoms with Crippen molar-refractivity contribution in [1.82, 2.24) is 4.90 Å². The second-order valence-corrected chi connectivity index (χ2v) is 6.57. The van der Waals surface area contributed by atoms with Gasteiger partial charge in [0.15, 0.2) is 11.5 Å². The first-order chi connectivity index (χ1) is 12.6. The SMILES string of the molecule is COc1ccc([C@H]2N(c3ccc(F)cc3)C(=O)[C@@H]3CCCN32)cc1OC. The Kier molecular flexibility index (Phi) is 4.28. The number of carbonyl (C=O) groups is 1. The van der Waals surface area contributed by atoms with Crippen molar-refractivity contribution < 1.29 is 18.7 Å². The number of fused-ring (bicyclic) bond motifs is 1. The molecule has 2 heterocycles. The highest BCUT2D eigenvalue weighted by atomic mass is 19.1. The smallest absolute Gasteiger partial charge is 0.246 e. The second kappa shape index (κ2) is 6.61. The van der Waals surface area contributed by atoms with Gasteiger partial charge in [-0.3, -0.25) is 14.6 Å². The molecule has 0 N–H and O–H groups in total. The van der Waals surface area contributed by atoms with Gasteiger partial charge in [0.2, 0.25) is 5.91 Å². The maximum Gasteiger partial charge on any atom is 0.246 e. The van der Waals surface area contributed by atoms with Gasteiger partial charge in [0.25, 0.3) is 0 Å². The molecule has 1 amide bonds. The van der Waals surface area contributed by atoms with Crippen molar-refractivity contribution in [2.24, 2.45) is 0 Å². The zero-order chi connectivity index (χ0) is 18.3. The molecule has 0 aromatic heterocycles. The summed E-state index contributed by atoms with van der Waals surface area (Å²) in [6.45, 7) is 0.854. The Morgan fingerprint density at radius 1 is 1.04 bits per heavy atom. The predicted octanol–water partition coefficient (Wildman–Crippen LogP) is 3.35. The summed E-state index contributed by atoms with van der Waals surface area (Å²) in [4.78, 5) is 17.1. The number of anilines is 1. The standard InChI is InChI=1S/C20H21FN2O3/c1-25-17-10-5-13(12-18(17)26-2)19-22-11-3-4-16(22)20(24)23(19)15-8-6-14(21)7-9-15/h5-10,12,16,19H,3-4,11H2,1-2H3/t16-,19+/m0/s1. The minimum atomic E-state index is -0.316. The van der Waals surface area contributed by atoms with Crippen LogP contribution in [0.1, 0.15) is 24.6 Å². The normalized spacial score (nSPS) is 22.6. The van der Waals surface area contributed by atoms with E-state index in [4.69, 9.17) is 9.47 Å². The van der Waals surface area contributed by atoms with Crippen LogP contribution in [0.3, 0.4) is 0 Å². The lowest BCUT2D eigenvalue weighted by Gasteiger charge is -2.30. The van der Waals surface area contributed by atoms with Crippen LogP contribution in [-0.4, -0.2) is 37.6 Å². The van der Waals surface area contributed by atoms with E-state index in [9.17, 15) is 9.18 Å². The summed E-state index contributed by atoms with van der Waals surface area (Å²) in [5, 5.41) is 0. The third-order valence-corrected chi connectivity index (χ3v) is 5.19. The molecule has 2 atom stereocenters. The quantitative estimate of drug-likeness (QED) is 0.843. The van der Waals surface area contributed by atoms with Crippen molar-refractivity contribution >= 4 is 11.6 Å². The van der Waals surface area contributed by atoms with E-state index in [0.717, 1.165) is 24.9 Å². The average Bonchev–Trinajstić information content (AvgIpc) is 3.24. The van der Waals surface area contributed by atoms with Gasteiger partial charge in [0, 0.05) is 12.2 Å². The van der Waals surface area contributed by atoms with E-state index in [0.29, 0.717) is 17.2 Å². The highest BCUT2D eigenvalue weighted by Gasteiger charge is 2.49. The summed E-state index contributed by atoms with van der Waals surface area (Å²) in [5.41, 5.74) is 1.65. The van der Waals surface area contributed by atoms with Gasteiger partial charge in [-0.2, -0.15) is 0 Å². The number of halogens is 1. The number of nitrogens with zero attached hydrogens (tertiary/aromatic N) is 2. The van der Waals surface area contributed by atoms with Gasteiger partial charge in [-0.05, 0) is 54.8 Å². The molecule has 2 aliphatic heterocycles. The molecule has 0 aliphatic carbocycles. The average molecular weight is 356 g/mol. The molecular formula is C20H21FN2O3. The van der Waals surface area contributed by atoms with E-state index in [-0.39, 0.29) is 23.9 Å². The number of carbonyl (C=O) groups excluding carboxylic acids is 1. The monoisotopic (exact) mass is 356 g/mol. The van der Waals surface area contributed by atoms with Gasteiger partial charge in [-0.25, -0.2) is 4.39 Å². The predicted molar refractivity (Wildman–Crippen MR) is 95.9 cm³/mol. The molecule has 0 saturated carbocycles. The van der Waals surface area contributed by atoms with Crippen LogP contribution in [0, 0.1) is 5.82 Å². The fourth-order valence-corrected chi connectivity index (χ4v) is 4.00. The Bertz CT molecular complexity index is 824. The fourth-order valence-electron chi connectivity index (χ4n) is 4.00. The third-order valence-electron chi connectivity index (χ3n) is 5.19. The number of methoxy groups -OCH3 is 2. The number of rotatable bonds is 4. The number of ether oxygens (including phenoxy) is 2. The van der Waals surface area contributed by atoms with Gasteiger partial charge in [-0.1, -0.05) is 6.07 Å². The minimum Gasteiger partial charge on any atom is -0.493 e. The van der Waals surface area contributed by atoms with Crippen molar-refractivity contribution in [2.45, 2.75) is 25.0 Å². The Labute approximate surface area is 151 Å². The molecule has 5 nitrogen and oxygen atoms in total. The van der Waals surface area contributed by atoms with E-state index in [1.165, 1.54) is 12.1 Å². The molecule has 2 fully saturated rings. The molecule has 2 aromatic rings. The number of hydrogen-bond donors (Lipinski definition) is 0. The summed E-state index contributed by atoms with van der Waals surface area (Å²) in [6.07, 6.45) is 1.61. The van der Waals surface area contributed by atoms with Crippen molar-refractivity contribution in [2.75, 3.05) is 25.7 Å². The Morgan fingerprint density at radius 3 is 2.46 bits per heavy atom. The molecule has 4 rings (SSSR count). The van der Waals surface area contributed by atoms with Gasteiger partial charge in [-0.15, -0.1) is 0 Å². The van der Waals surface area contributed by atoms with E-state index in [1.807, 2.05) is 18.2 Å². The number of amides is 1. The summed E-state index contributed by atoms with van der Waals surface area (Å²) in [6, 6.07) is 11.7. The van der Waals surface area contributed by atoms with Crippen LogP contribution in [0.25, 0.3) is 0 Å². The zero-order valence-corrected chi connectivity index (χ0v) is 14.8. The fraction of sp³-hybridized carbons (Fsp3) is 0.350. The summed E-state index contributed by atoms with van der Waals surface area (Å²) in [7, 11) is 3.19. The van der Waals surface area contributed by atoms with Crippen LogP contribution >= 0.6 is 0 Å². The van der Waals surface area contributed by atoms with E-state index in [1.54, 1.807) is 31.3 Å². The molecule has 26 heavy (non-hydrogen) atoms. The van der Waals surface area contributed by atoms with Crippen molar-refractivity contribution in [1.29, 1.82) is 0 Å². The van der Waals surface area contributed by atoms with Gasteiger partial charge < -0.3 is 9.47 Å². The summed E-state index contributed by atoms with van der Waals surface area (Å²) < 4.78 is 24.1. The lowest BCUT2D eigenvalue weighted by molar-refractivity contribution is -0.119. The van der Waals surface area contributed by atoms with Crippen LogP contribution in [0.4, 0.5) is 10.1 Å². The molecule has 2 saturated heterocycles. The Balaban J connectivity index is 1.80.